The van der Waals surface area contributed by atoms with Crippen LogP contribution in [0.4, 0.5) is 0 Å². The molecule has 0 saturated heterocycles. The number of carboxylic acids is 1. The first kappa shape index (κ1) is 24.4. The van der Waals surface area contributed by atoms with E-state index < -0.39 is 5.97 Å². The first-order chi connectivity index (χ1) is 18.0. The van der Waals surface area contributed by atoms with Crippen LogP contribution in [0.25, 0.3) is 21.8 Å². The molecule has 1 N–H and O–H groups in total. The zero-order valence-corrected chi connectivity index (χ0v) is 22.3. The molecule has 5 nitrogen and oxygen atoms in total. The number of benzene rings is 1. The van der Waals surface area contributed by atoms with E-state index in [1.165, 1.54) is 48.2 Å². The topological polar surface area (TPSA) is 62.1 Å². The number of rotatable bonds is 5. The highest BCUT2D eigenvalue weighted by Gasteiger charge is 2.31. The number of thiophene rings is 1. The lowest BCUT2D eigenvalue weighted by Crippen LogP contribution is -2.31. The van der Waals surface area contributed by atoms with Crippen LogP contribution >= 0.6 is 11.3 Å². The summed E-state index contributed by atoms with van der Waals surface area (Å²) in [6, 6.07) is 10.5. The Kier molecular flexibility index (Phi) is 6.63. The summed E-state index contributed by atoms with van der Waals surface area (Å²) in [4.78, 5) is 20.7. The van der Waals surface area contributed by atoms with Crippen LogP contribution in [0, 0.1) is 11.8 Å². The van der Waals surface area contributed by atoms with Gasteiger partial charge in [0.15, 0.2) is 0 Å². The predicted octanol–water partition coefficient (Wildman–Crippen LogP) is 6.78. The largest absolute Gasteiger partial charge is 0.483 e. The molecule has 37 heavy (non-hydrogen) atoms. The summed E-state index contributed by atoms with van der Waals surface area (Å²) in [5, 5.41) is 10.2. The SMILES string of the molecule is CC1CCC(C2=C(c3cc(-c4ccc(C5=CC6N=CC=CC6O5)cc4)sc3C(=O)O)CCN(C)C2)CC1. The lowest BCUT2D eigenvalue weighted by Gasteiger charge is -2.35. The van der Waals surface area contributed by atoms with E-state index >= 15 is 0 Å². The van der Waals surface area contributed by atoms with Gasteiger partial charge in [-0.05, 0) is 79.2 Å². The van der Waals surface area contributed by atoms with Gasteiger partial charge in [0.1, 0.15) is 22.8 Å². The normalized spacial score (nSPS) is 27.7. The van der Waals surface area contributed by atoms with Crippen LogP contribution in [0.5, 0.6) is 0 Å². The second-order valence-corrected chi connectivity index (χ2v) is 12.0. The molecule has 1 aromatic heterocycles. The Balaban J connectivity index is 1.32. The highest BCUT2D eigenvalue weighted by atomic mass is 32.1. The Morgan fingerprint density at radius 1 is 1.14 bits per heavy atom. The second-order valence-electron chi connectivity index (χ2n) is 11.0. The quantitative estimate of drug-likeness (QED) is 0.478. The monoisotopic (exact) mass is 514 g/mol. The Morgan fingerprint density at radius 2 is 1.89 bits per heavy atom. The summed E-state index contributed by atoms with van der Waals surface area (Å²) in [5.41, 5.74) is 5.76. The Hall–Kier alpha value is -2.96. The summed E-state index contributed by atoms with van der Waals surface area (Å²) < 4.78 is 6.09. The molecule has 0 spiro atoms. The van der Waals surface area contributed by atoms with Gasteiger partial charge in [-0.1, -0.05) is 44.0 Å². The van der Waals surface area contributed by atoms with Crippen molar-refractivity contribution in [2.75, 3.05) is 20.1 Å². The van der Waals surface area contributed by atoms with Crippen LogP contribution in [0.1, 0.15) is 59.8 Å². The van der Waals surface area contributed by atoms with Crippen molar-refractivity contribution in [3.05, 3.63) is 70.1 Å². The third kappa shape index (κ3) is 4.85. The van der Waals surface area contributed by atoms with Crippen molar-refractivity contribution in [2.24, 2.45) is 16.8 Å². The molecule has 0 radical (unpaired) electrons. The van der Waals surface area contributed by atoms with Crippen LogP contribution in [-0.4, -0.2) is 54.5 Å². The van der Waals surface area contributed by atoms with E-state index in [-0.39, 0.29) is 12.1 Å². The van der Waals surface area contributed by atoms with E-state index in [0.29, 0.717) is 10.8 Å². The minimum atomic E-state index is -0.827. The van der Waals surface area contributed by atoms with Crippen molar-refractivity contribution in [1.29, 1.82) is 0 Å². The van der Waals surface area contributed by atoms with Gasteiger partial charge in [-0.3, -0.25) is 4.99 Å². The number of nitrogens with zero attached hydrogens (tertiary/aromatic N) is 2. The molecule has 4 heterocycles. The molecule has 1 saturated carbocycles. The van der Waals surface area contributed by atoms with Crippen LogP contribution in [0.3, 0.4) is 0 Å². The maximum absolute atomic E-state index is 12.4. The zero-order chi connectivity index (χ0) is 25.5. The number of hydrogen-bond acceptors (Lipinski definition) is 5. The first-order valence-corrected chi connectivity index (χ1v) is 14.2. The van der Waals surface area contributed by atoms with Crippen molar-refractivity contribution in [2.45, 2.75) is 51.2 Å². The lowest BCUT2D eigenvalue weighted by atomic mass is 9.75. The van der Waals surface area contributed by atoms with Gasteiger partial charge in [0.2, 0.25) is 0 Å². The van der Waals surface area contributed by atoms with Crippen molar-refractivity contribution in [3.63, 3.8) is 0 Å². The fraction of sp³-hybridized carbons (Fsp3) is 0.419. The van der Waals surface area contributed by atoms with Crippen LogP contribution < -0.4 is 0 Å². The highest BCUT2D eigenvalue weighted by molar-refractivity contribution is 7.17. The van der Waals surface area contributed by atoms with Gasteiger partial charge in [0.25, 0.3) is 0 Å². The van der Waals surface area contributed by atoms with E-state index in [0.717, 1.165) is 52.8 Å². The van der Waals surface area contributed by atoms with Gasteiger partial charge < -0.3 is 14.7 Å². The third-order valence-corrected chi connectivity index (χ3v) is 9.52. The molecular formula is C31H34N2O3S. The minimum Gasteiger partial charge on any atom is -0.483 e. The number of fused-ring (bicyclic) bond motifs is 1. The molecule has 2 atom stereocenters. The number of aliphatic imine (C=N–C) groups is 1. The van der Waals surface area contributed by atoms with E-state index in [1.807, 2.05) is 18.4 Å². The van der Waals surface area contributed by atoms with E-state index in [1.54, 1.807) is 0 Å². The molecule has 2 unspecified atom stereocenters. The number of dihydropyridines is 1. The van der Waals surface area contributed by atoms with Gasteiger partial charge in [0, 0.05) is 35.3 Å². The molecule has 2 aromatic rings. The number of carboxylic acid groups (broad SMARTS) is 1. The predicted molar refractivity (Wildman–Crippen MR) is 151 cm³/mol. The average Bonchev–Trinajstić information content (AvgIpc) is 3.54. The molecule has 6 heteroatoms. The molecule has 1 fully saturated rings. The fourth-order valence-electron chi connectivity index (χ4n) is 6.19. The van der Waals surface area contributed by atoms with Gasteiger partial charge in [-0.25, -0.2) is 4.79 Å². The average molecular weight is 515 g/mol. The molecule has 4 aliphatic rings. The van der Waals surface area contributed by atoms with Gasteiger partial charge in [-0.2, -0.15) is 0 Å². The van der Waals surface area contributed by atoms with Crippen molar-refractivity contribution < 1.29 is 14.6 Å². The Labute approximate surface area is 222 Å². The minimum absolute atomic E-state index is 0.0259. The number of hydrogen-bond donors (Lipinski definition) is 1. The van der Waals surface area contributed by atoms with Crippen LogP contribution in [0.15, 0.2) is 59.1 Å². The lowest BCUT2D eigenvalue weighted by molar-refractivity contribution is 0.0702. The summed E-state index contributed by atoms with van der Waals surface area (Å²) in [5.74, 6) is 1.39. The highest BCUT2D eigenvalue weighted by Crippen LogP contribution is 2.43. The molecule has 6 rings (SSSR count). The zero-order valence-electron chi connectivity index (χ0n) is 21.5. The maximum Gasteiger partial charge on any atom is 0.346 e. The van der Waals surface area contributed by atoms with Gasteiger partial charge in [-0.15, -0.1) is 11.3 Å². The molecule has 1 aliphatic carbocycles. The van der Waals surface area contributed by atoms with Crippen molar-refractivity contribution in [3.8, 4) is 10.4 Å². The van der Waals surface area contributed by atoms with E-state index in [9.17, 15) is 9.90 Å². The molecule has 0 bridgehead atoms. The number of ether oxygens (including phenoxy) is 1. The Morgan fingerprint density at radius 3 is 2.62 bits per heavy atom. The molecule has 3 aliphatic heterocycles. The van der Waals surface area contributed by atoms with Crippen molar-refractivity contribution >= 4 is 34.9 Å². The summed E-state index contributed by atoms with van der Waals surface area (Å²) in [6.07, 6.45) is 13.7. The standard InChI is InChI=1S/C31H34N2O3S/c1-19-5-7-20(8-6-19)25-18-33(2)15-13-23(25)24-16-29(37-30(24)31(34)35)22-11-9-21(10-12-22)28-17-26-27(36-28)4-3-14-32-26/h3-4,9-12,14,16-17,19-20,26-27H,5-8,13,15,18H2,1-2H3,(H,34,35). The molecular weight excluding hydrogens is 480 g/mol. The second kappa shape index (κ2) is 10.1. The fourth-order valence-corrected chi connectivity index (χ4v) is 7.22. The van der Waals surface area contributed by atoms with Crippen molar-refractivity contribution in [1.82, 2.24) is 4.90 Å². The smallest absolute Gasteiger partial charge is 0.346 e. The maximum atomic E-state index is 12.4. The first-order valence-electron chi connectivity index (χ1n) is 13.4. The van der Waals surface area contributed by atoms with Crippen LogP contribution in [0.2, 0.25) is 0 Å². The number of carbonyl (C=O) groups is 1. The molecule has 1 aromatic carbocycles. The summed E-state index contributed by atoms with van der Waals surface area (Å²) in [7, 11) is 2.18. The van der Waals surface area contributed by atoms with Gasteiger partial charge in [0.05, 0.1) is 0 Å². The number of allylic oxidation sites excluding steroid dienone is 1. The van der Waals surface area contributed by atoms with Crippen LogP contribution in [-0.2, 0) is 4.74 Å². The molecule has 192 valence electrons. The summed E-state index contributed by atoms with van der Waals surface area (Å²) >= 11 is 1.40. The number of aromatic carboxylic acids is 1. The van der Waals surface area contributed by atoms with E-state index in [4.69, 9.17) is 4.74 Å². The number of likely N-dealkylation sites (N-methyl/N-ethyl adjacent to an activating group) is 1. The van der Waals surface area contributed by atoms with E-state index in [2.05, 4.69) is 60.3 Å². The third-order valence-electron chi connectivity index (χ3n) is 8.35. The molecule has 0 amide bonds. The summed E-state index contributed by atoms with van der Waals surface area (Å²) in [6.45, 7) is 4.27. The Bertz CT molecular complexity index is 1310. The van der Waals surface area contributed by atoms with Gasteiger partial charge >= 0.3 is 5.97 Å².